The Morgan fingerprint density at radius 1 is 1.18 bits per heavy atom. The number of carbonyl (C=O) groups is 1. The van der Waals surface area contributed by atoms with Crippen LogP contribution in [0.25, 0.3) is 10.2 Å². The lowest BCUT2D eigenvalue weighted by molar-refractivity contribution is 0.0998. The molecule has 1 amide bonds. The molecule has 0 saturated carbocycles. The zero-order valence-corrected chi connectivity index (χ0v) is 13.1. The highest BCUT2D eigenvalue weighted by Gasteiger charge is 2.32. The number of thiophene rings is 1. The van der Waals surface area contributed by atoms with Crippen molar-refractivity contribution < 1.29 is 4.79 Å². The number of anilines is 3. The molecule has 0 radical (unpaired) electrons. The first-order valence-electron chi connectivity index (χ1n) is 7.10. The minimum absolute atomic E-state index is 0.0109. The lowest BCUT2D eigenvalue weighted by atomic mass is 10.2. The fraction of sp³-hybridized carbons (Fsp3) is 0.188. The molecule has 0 fully saturated rings. The molecule has 0 N–H and O–H groups in total. The van der Waals surface area contributed by atoms with E-state index < -0.39 is 0 Å². The van der Waals surface area contributed by atoms with E-state index >= 15 is 0 Å². The summed E-state index contributed by atoms with van der Waals surface area (Å²) in [4.78, 5) is 26.4. The van der Waals surface area contributed by atoms with E-state index in [1.807, 2.05) is 24.3 Å². The fourth-order valence-corrected chi connectivity index (χ4v) is 3.99. The van der Waals surface area contributed by atoms with Gasteiger partial charge in [-0.25, -0.2) is 4.98 Å². The van der Waals surface area contributed by atoms with E-state index in [4.69, 9.17) is 0 Å². The zero-order chi connectivity index (χ0) is 15.3. The van der Waals surface area contributed by atoms with Crippen molar-refractivity contribution in [3.8, 4) is 0 Å². The molecular formula is C16H14N4OS. The van der Waals surface area contributed by atoms with E-state index in [1.54, 1.807) is 24.3 Å². The van der Waals surface area contributed by atoms with Gasteiger partial charge < -0.3 is 9.80 Å². The quantitative estimate of drug-likeness (QED) is 0.691. The minimum atomic E-state index is -0.0109. The van der Waals surface area contributed by atoms with Crippen molar-refractivity contribution in [2.24, 2.45) is 0 Å². The summed E-state index contributed by atoms with van der Waals surface area (Å²) < 4.78 is 1.02. The lowest BCUT2D eigenvalue weighted by Gasteiger charge is -2.23. The SMILES string of the molecule is CCN1c2ncccc2N(C)C(=O)c2sc3cccnc3c21. The third-order valence-corrected chi connectivity index (χ3v) is 5.01. The van der Waals surface area contributed by atoms with Gasteiger partial charge in [-0.3, -0.25) is 9.78 Å². The number of aromatic nitrogens is 2. The Bertz CT molecular complexity index is 889. The van der Waals surface area contributed by atoms with Crippen LogP contribution in [0.5, 0.6) is 0 Å². The van der Waals surface area contributed by atoms with E-state index in [0.717, 1.165) is 38.8 Å². The van der Waals surface area contributed by atoms with Crippen LogP contribution in [0.15, 0.2) is 36.7 Å². The van der Waals surface area contributed by atoms with Gasteiger partial charge in [-0.15, -0.1) is 11.3 Å². The highest BCUT2D eigenvalue weighted by atomic mass is 32.1. The summed E-state index contributed by atoms with van der Waals surface area (Å²) in [5.41, 5.74) is 2.56. The molecule has 6 heteroatoms. The molecular weight excluding hydrogens is 296 g/mol. The van der Waals surface area contributed by atoms with Crippen molar-refractivity contribution in [3.63, 3.8) is 0 Å². The maximum Gasteiger partial charge on any atom is 0.270 e. The predicted octanol–water partition coefficient (Wildman–Crippen LogP) is 3.44. The average Bonchev–Trinajstić information content (AvgIpc) is 2.91. The van der Waals surface area contributed by atoms with Gasteiger partial charge in [-0.1, -0.05) is 0 Å². The Morgan fingerprint density at radius 2 is 1.95 bits per heavy atom. The van der Waals surface area contributed by atoms with Gasteiger partial charge in [0.2, 0.25) is 0 Å². The van der Waals surface area contributed by atoms with Gasteiger partial charge in [0.25, 0.3) is 5.91 Å². The predicted molar refractivity (Wildman–Crippen MR) is 89.3 cm³/mol. The van der Waals surface area contributed by atoms with E-state index in [2.05, 4.69) is 21.8 Å². The number of nitrogens with zero attached hydrogens (tertiary/aromatic N) is 4. The van der Waals surface area contributed by atoms with Crippen molar-refractivity contribution >= 4 is 44.7 Å². The van der Waals surface area contributed by atoms with Crippen LogP contribution in [0.3, 0.4) is 0 Å². The molecule has 0 spiro atoms. The maximum absolute atomic E-state index is 12.9. The largest absolute Gasteiger partial charge is 0.322 e. The molecule has 0 aromatic carbocycles. The van der Waals surface area contributed by atoms with Crippen molar-refractivity contribution in [1.29, 1.82) is 0 Å². The summed E-state index contributed by atoms with van der Waals surface area (Å²) >= 11 is 1.49. The van der Waals surface area contributed by atoms with E-state index in [1.165, 1.54) is 11.3 Å². The Kier molecular flexibility index (Phi) is 2.87. The van der Waals surface area contributed by atoms with E-state index in [9.17, 15) is 4.79 Å². The van der Waals surface area contributed by atoms with Crippen LogP contribution in [0.4, 0.5) is 17.2 Å². The molecule has 5 nitrogen and oxygen atoms in total. The van der Waals surface area contributed by atoms with Gasteiger partial charge in [-0.2, -0.15) is 0 Å². The van der Waals surface area contributed by atoms with Gasteiger partial charge in [0.05, 0.1) is 16.1 Å². The van der Waals surface area contributed by atoms with Crippen LogP contribution >= 0.6 is 11.3 Å². The number of amides is 1. The number of hydrogen-bond acceptors (Lipinski definition) is 5. The molecule has 0 atom stereocenters. The van der Waals surface area contributed by atoms with Crippen molar-refractivity contribution in [1.82, 2.24) is 9.97 Å². The molecule has 3 aromatic heterocycles. The second kappa shape index (κ2) is 4.78. The summed E-state index contributed by atoms with van der Waals surface area (Å²) in [5, 5.41) is 0. The highest BCUT2D eigenvalue weighted by Crippen LogP contribution is 2.45. The number of rotatable bonds is 1. The van der Waals surface area contributed by atoms with Gasteiger partial charge in [0, 0.05) is 26.0 Å². The number of pyridine rings is 2. The molecule has 110 valence electrons. The third kappa shape index (κ3) is 1.67. The van der Waals surface area contributed by atoms with E-state index in [-0.39, 0.29) is 5.91 Å². The second-order valence-electron chi connectivity index (χ2n) is 5.08. The maximum atomic E-state index is 12.9. The van der Waals surface area contributed by atoms with Crippen LogP contribution in [0, 0.1) is 0 Å². The molecule has 4 rings (SSSR count). The Balaban J connectivity index is 2.11. The van der Waals surface area contributed by atoms with Crippen molar-refractivity contribution in [2.75, 3.05) is 23.4 Å². The smallest absolute Gasteiger partial charge is 0.270 e. The van der Waals surface area contributed by atoms with Crippen molar-refractivity contribution in [2.45, 2.75) is 6.92 Å². The average molecular weight is 310 g/mol. The lowest BCUT2D eigenvalue weighted by Crippen LogP contribution is -2.24. The zero-order valence-electron chi connectivity index (χ0n) is 12.3. The normalized spacial score (nSPS) is 14.0. The number of hydrogen-bond donors (Lipinski definition) is 0. The van der Waals surface area contributed by atoms with Crippen LogP contribution in [0.2, 0.25) is 0 Å². The van der Waals surface area contributed by atoms with E-state index in [0.29, 0.717) is 0 Å². The number of fused-ring (bicyclic) bond motifs is 4. The van der Waals surface area contributed by atoms with Crippen LogP contribution in [-0.4, -0.2) is 29.5 Å². The third-order valence-electron chi connectivity index (χ3n) is 3.89. The van der Waals surface area contributed by atoms with Gasteiger partial charge in [0.15, 0.2) is 5.82 Å². The Labute approximate surface area is 131 Å². The topological polar surface area (TPSA) is 49.3 Å². The van der Waals surface area contributed by atoms with Crippen LogP contribution in [-0.2, 0) is 0 Å². The molecule has 1 aliphatic heterocycles. The Hall–Kier alpha value is -2.47. The fourth-order valence-electron chi connectivity index (χ4n) is 2.85. The summed E-state index contributed by atoms with van der Waals surface area (Å²) in [5.74, 6) is 0.785. The van der Waals surface area contributed by atoms with Gasteiger partial charge in [0.1, 0.15) is 10.4 Å². The summed E-state index contributed by atoms with van der Waals surface area (Å²) in [6, 6.07) is 7.68. The summed E-state index contributed by atoms with van der Waals surface area (Å²) in [6.07, 6.45) is 3.52. The van der Waals surface area contributed by atoms with Crippen LogP contribution in [0.1, 0.15) is 16.6 Å². The summed E-state index contributed by atoms with van der Waals surface area (Å²) in [6.45, 7) is 2.78. The van der Waals surface area contributed by atoms with Crippen molar-refractivity contribution in [3.05, 3.63) is 41.5 Å². The van der Waals surface area contributed by atoms with Crippen LogP contribution < -0.4 is 9.80 Å². The molecule has 0 unspecified atom stereocenters. The first kappa shape index (κ1) is 13.2. The molecule has 1 aliphatic rings. The molecule has 0 aliphatic carbocycles. The number of carbonyl (C=O) groups excluding carboxylic acids is 1. The van der Waals surface area contributed by atoms with Gasteiger partial charge >= 0.3 is 0 Å². The molecule has 4 heterocycles. The molecule has 0 saturated heterocycles. The Morgan fingerprint density at radius 3 is 2.77 bits per heavy atom. The minimum Gasteiger partial charge on any atom is -0.322 e. The first-order valence-corrected chi connectivity index (χ1v) is 7.92. The monoisotopic (exact) mass is 310 g/mol. The highest BCUT2D eigenvalue weighted by molar-refractivity contribution is 7.21. The standard InChI is InChI=1S/C16H14N4OS/c1-3-20-13-12-11(7-5-8-17-12)22-14(13)16(21)19(2)10-6-4-9-18-15(10)20/h4-9H,3H2,1-2H3. The molecule has 3 aromatic rings. The molecule has 22 heavy (non-hydrogen) atoms. The molecule has 0 bridgehead atoms. The second-order valence-corrected chi connectivity index (χ2v) is 6.14. The first-order chi connectivity index (χ1) is 10.7. The summed E-state index contributed by atoms with van der Waals surface area (Å²) in [7, 11) is 1.80. The van der Waals surface area contributed by atoms with Gasteiger partial charge in [-0.05, 0) is 31.2 Å².